The van der Waals surface area contributed by atoms with Crippen LogP contribution in [-0.4, -0.2) is 16.8 Å². The van der Waals surface area contributed by atoms with E-state index in [1.54, 1.807) is 12.1 Å². The van der Waals surface area contributed by atoms with Crippen molar-refractivity contribution in [2.45, 2.75) is 6.18 Å². The summed E-state index contributed by atoms with van der Waals surface area (Å²) >= 11 is 5.81. The standard InChI is InChI=1S/C20H13ClF3N3O3/c21-15-3-1-2-13(10-15)19(28)30-27-18(25)12-4-7-16(8-5-12)29-17-9-6-14(11-26-17)20(22,23)24/h1-11H,(H2,25,27). The van der Waals surface area contributed by atoms with Crippen molar-refractivity contribution < 1.29 is 27.5 Å². The van der Waals surface area contributed by atoms with Crippen LogP contribution in [0.5, 0.6) is 11.6 Å². The second-order valence-corrected chi connectivity index (χ2v) is 6.31. The molecule has 0 atom stereocenters. The molecule has 0 saturated heterocycles. The number of carbonyl (C=O) groups is 1. The molecule has 10 heteroatoms. The molecule has 2 aromatic carbocycles. The summed E-state index contributed by atoms with van der Waals surface area (Å²) in [5.74, 6) is -0.485. The van der Waals surface area contributed by atoms with Gasteiger partial charge in [-0.25, -0.2) is 9.78 Å². The molecule has 0 bridgehead atoms. The van der Waals surface area contributed by atoms with E-state index in [-0.39, 0.29) is 17.3 Å². The lowest BCUT2D eigenvalue weighted by atomic mass is 10.2. The van der Waals surface area contributed by atoms with Crippen LogP contribution in [0.15, 0.2) is 72.0 Å². The number of carbonyl (C=O) groups excluding carboxylic acids is 1. The second kappa shape index (κ2) is 8.83. The van der Waals surface area contributed by atoms with E-state index in [1.165, 1.54) is 36.4 Å². The van der Waals surface area contributed by atoms with Gasteiger partial charge in [-0.2, -0.15) is 13.2 Å². The molecule has 3 aromatic rings. The Hall–Kier alpha value is -3.59. The number of nitrogens with zero attached hydrogens (tertiary/aromatic N) is 2. The highest BCUT2D eigenvalue weighted by molar-refractivity contribution is 6.30. The Bertz CT molecular complexity index is 1070. The van der Waals surface area contributed by atoms with Gasteiger partial charge in [0.1, 0.15) is 5.75 Å². The van der Waals surface area contributed by atoms with Gasteiger partial charge in [0.25, 0.3) is 0 Å². The number of aromatic nitrogens is 1. The van der Waals surface area contributed by atoms with E-state index in [9.17, 15) is 18.0 Å². The van der Waals surface area contributed by atoms with E-state index < -0.39 is 17.7 Å². The smallest absolute Gasteiger partial charge is 0.417 e. The van der Waals surface area contributed by atoms with Crippen LogP contribution in [-0.2, 0) is 11.0 Å². The van der Waals surface area contributed by atoms with Gasteiger partial charge in [-0.1, -0.05) is 22.8 Å². The van der Waals surface area contributed by atoms with Crippen molar-refractivity contribution >= 4 is 23.4 Å². The Labute approximate surface area is 173 Å². The van der Waals surface area contributed by atoms with Crippen molar-refractivity contribution in [3.05, 3.63) is 88.6 Å². The van der Waals surface area contributed by atoms with Crippen LogP contribution < -0.4 is 10.5 Å². The molecule has 154 valence electrons. The fourth-order valence-electron chi connectivity index (χ4n) is 2.23. The molecule has 0 aliphatic carbocycles. The van der Waals surface area contributed by atoms with Crippen LogP contribution in [0.2, 0.25) is 5.02 Å². The van der Waals surface area contributed by atoms with Gasteiger partial charge < -0.3 is 15.3 Å². The number of alkyl halides is 3. The van der Waals surface area contributed by atoms with Gasteiger partial charge in [0.05, 0.1) is 11.1 Å². The van der Waals surface area contributed by atoms with E-state index in [4.69, 9.17) is 26.9 Å². The highest BCUT2D eigenvalue weighted by Crippen LogP contribution is 2.30. The van der Waals surface area contributed by atoms with Crippen LogP contribution in [0.3, 0.4) is 0 Å². The van der Waals surface area contributed by atoms with E-state index in [2.05, 4.69) is 10.1 Å². The number of benzene rings is 2. The Morgan fingerprint density at radius 3 is 2.37 bits per heavy atom. The molecule has 0 spiro atoms. The number of halogens is 4. The van der Waals surface area contributed by atoms with Gasteiger partial charge >= 0.3 is 12.1 Å². The van der Waals surface area contributed by atoms with Crippen LogP contribution in [0.4, 0.5) is 13.2 Å². The summed E-state index contributed by atoms with van der Waals surface area (Å²) < 4.78 is 43.0. The lowest BCUT2D eigenvalue weighted by Gasteiger charge is -2.08. The van der Waals surface area contributed by atoms with E-state index in [0.717, 1.165) is 12.1 Å². The maximum Gasteiger partial charge on any atom is 0.417 e. The zero-order valence-electron chi connectivity index (χ0n) is 15.1. The summed E-state index contributed by atoms with van der Waals surface area (Å²) in [6, 6.07) is 14.2. The Morgan fingerprint density at radius 2 is 1.77 bits per heavy atom. The topological polar surface area (TPSA) is 86.8 Å². The number of nitrogens with two attached hydrogens (primary N) is 1. The van der Waals surface area contributed by atoms with Crippen LogP contribution in [0, 0.1) is 0 Å². The SMILES string of the molecule is NC(=NOC(=O)c1cccc(Cl)c1)c1ccc(Oc2ccc(C(F)(F)F)cn2)cc1. The molecule has 1 heterocycles. The normalized spacial score (nSPS) is 11.8. The zero-order valence-corrected chi connectivity index (χ0v) is 15.8. The average Bonchev–Trinajstić information content (AvgIpc) is 2.72. The molecule has 0 amide bonds. The molecule has 2 N–H and O–H groups in total. The minimum absolute atomic E-state index is 0.00663. The van der Waals surface area contributed by atoms with Gasteiger partial charge in [0.15, 0.2) is 5.84 Å². The summed E-state index contributed by atoms with van der Waals surface area (Å²) in [5.41, 5.74) is 5.57. The fourth-order valence-corrected chi connectivity index (χ4v) is 2.42. The molecule has 3 rings (SSSR count). The summed E-state index contributed by atoms with van der Waals surface area (Å²) in [4.78, 5) is 20.4. The second-order valence-electron chi connectivity index (χ2n) is 5.87. The third-order valence-electron chi connectivity index (χ3n) is 3.72. The first-order valence-electron chi connectivity index (χ1n) is 8.34. The molecule has 0 saturated carbocycles. The monoisotopic (exact) mass is 435 g/mol. The lowest BCUT2D eigenvalue weighted by Crippen LogP contribution is -2.15. The van der Waals surface area contributed by atoms with E-state index >= 15 is 0 Å². The van der Waals surface area contributed by atoms with Crippen molar-refractivity contribution in [2.75, 3.05) is 0 Å². The lowest BCUT2D eigenvalue weighted by molar-refractivity contribution is -0.137. The molecular formula is C20H13ClF3N3O3. The summed E-state index contributed by atoms with van der Waals surface area (Å²) in [7, 11) is 0. The summed E-state index contributed by atoms with van der Waals surface area (Å²) in [6.07, 6.45) is -3.79. The van der Waals surface area contributed by atoms with Gasteiger partial charge in [0.2, 0.25) is 5.88 Å². The molecular weight excluding hydrogens is 423 g/mol. The quantitative estimate of drug-likeness (QED) is 0.263. The summed E-state index contributed by atoms with van der Waals surface area (Å²) in [6.45, 7) is 0. The third-order valence-corrected chi connectivity index (χ3v) is 3.96. The average molecular weight is 436 g/mol. The van der Waals surface area contributed by atoms with Crippen molar-refractivity contribution in [3.63, 3.8) is 0 Å². The van der Waals surface area contributed by atoms with Crippen molar-refractivity contribution in [3.8, 4) is 11.6 Å². The Balaban J connectivity index is 1.63. The molecule has 0 fully saturated rings. The van der Waals surface area contributed by atoms with Gasteiger partial charge in [-0.05, 0) is 48.5 Å². The molecule has 1 aromatic heterocycles. The minimum atomic E-state index is -4.47. The molecule has 0 aliphatic rings. The third kappa shape index (κ3) is 5.48. The highest BCUT2D eigenvalue weighted by atomic mass is 35.5. The first kappa shape index (κ1) is 21.1. The molecule has 0 aliphatic heterocycles. The molecule has 30 heavy (non-hydrogen) atoms. The maximum absolute atomic E-state index is 12.6. The predicted molar refractivity (Wildman–Crippen MR) is 103 cm³/mol. The number of rotatable bonds is 5. The van der Waals surface area contributed by atoms with Gasteiger partial charge in [0, 0.05) is 22.8 Å². The molecule has 6 nitrogen and oxygen atoms in total. The largest absolute Gasteiger partial charge is 0.439 e. The van der Waals surface area contributed by atoms with Gasteiger partial charge in [-0.15, -0.1) is 0 Å². The van der Waals surface area contributed by atoms with Crippen molar-refractivity contribution in [2.24, 2.45) is 10.9 Å². The Morgan fingerprint density at radius 1 is 1.03 bits per heavy atom. The number of pyridine rings is 1. The fraction of sp³-hybridized carbons (Fsp3) is 0.0500. The number of oxime groups is 1. The summed E-state index contributed by atoms with van der Waals surface area (Å²) in [5, 5.41) is 3.96. The van der Waals surface area contributed by atoms with Crippen molar-refractivity contribution in [1.82, 2.24) is 4.98 Å². The van der Waals surface area contributed by atoms with Gasteiger partial charge in [-0.3, -0.25) is 0 Å². The number of ether oxygens (including phenoxy) is 1. The van der Waals surface area contributed by atoms with E-state index in [1.807, 2.05) is 0 Å². The van der Waals surface area contributed by atoms with Crippen molar-refractivity contribution in [1.29, 1.82) is 0 Å². The highest BCUT2D eigenvalue weighted by Gasteiger charge is 2.30. The molecule has 0 radical (unpaired) electrons. The Kier molecular flexibility index (Phi) is 6.22. The number of amidine groups is 1. The van der Waals surface area contributed by atoms with Crippen LogP contribution >= 0.6 is 11.6 Å². The number of hydrogen-bond donors (Lipinski definition) is 1. The molecule has 0 unspecified atom stereocenters. The zero-order chi connectivity index (χ0) is 21.7. The first-order valence-corrected chi connectivity index (χ1v) is 8.72. The van der Waals surface area contributed by atoms with Crippen LogP contribution in [0.1, 0.15) is 21.5 Å². The maximum atomic E-state index is 12.6. The van der Waals surface area contributed by atoms with E-state index in [0.29, 0.717) is 22.5 Å². The predicted octanol–water partition coefficient (Wildman–Crippen LogP) is 5.02. The number of hydrogen-bond acceptors (Lipinski definition) is 5. The minimum Gasteiger partial charge on any atom is -0.439 e. The van der Waals surface area contributed by atoms with Crippen LogP contribution in [0.25, 0.3) is 0 Å². The first-order chi connectivity index (χ1) is 14.2.